The number of nitrogens with zero attached hydrogens (tertiary/aromatic N) is 1. The Balaban J connectivity index is 1.88. The third-order valence-corrected chi connectivity index (χ3v) is 4.96. The first-order valence-electron chi connectivity index (χ1n) is 8.16. The van der Waals surface area contributed by atoms with E-state index < -0.39 is 6.10 Å². The van der Waals surface area contributed by atoms with Gasteiger partial charge in [0.15, 0.2) is 0 Å². The summed E-state index contributed by atoms with van der Waals surface area (Å²) in [6, 6.07) is 8.35. The fourth-order valence-corrected chi connectivity index (χ4v) is 3.37. The van der Waals surface area contributed by atoms with Crippen molar-refractivity contribution in [3.63, 3.8) is 0 Å². The maximum absolute atomic E-state index is 10.4. The molecule has 3 nitrogen and oxygen atoms in total. The zero-order valence-electron chi connectivity index (χ0n) is 13.6. The largest absolute Gasteiger partial charge is 0.497 e. The molecule has 0 spiro atoms. The molecule has 118 valence electrons. The molecule has 0 aliphatic heterocycles. The van der Waals surface area contributed by atoms with Gasteiger partial charge in [-0.1, -0.05) is 25.5 Å². The van der Waals surface area contributed by atoms with E-state index in [4.69, 9.17) is 4.74 Å². The number of benzene rings is 1. The Bertz CT molecular complexity index is 427. The predicted molar refractivity (Wildman–Crippen MR) is 86.6 cm³/mol. The van der Waals surface area contributed by atoms with E-state index in [9.17, 15) is 5.11 Å². The van der Waals surface area contributed by atoms with Crippen LogP contribution in [0, 0.1) is 5.92 Å². The molecule has 1 saturated carbocycles. The quantitative estimate of drug-likeness (QED) is 0.868. The lowest BCUT2D eigenvalue weighted by molar-refractivity contribution is 0.0839. The van der Waals surface area contributed by atoms with Gasteiger partial charge in [0, 0.05) is 12.6 Å². The van der Waals surface area contributed by atoms with Crippen molar-refractivity contribution in [2.45, 2.75) is 51.2 Å². The number of methoxy groups -OCH3 is 1. The number of aliphatic hydroxyl groups is 1. The Labute approximate surface area is 128 Å². The molecule has 1 aromatic rings. The van der Waals surface area contributed by atoms with Crippen molar-refractivity contribution >= 4 is 0 Å². The van der Waals surface area contributed by atoms with E-state index in [1.54, 1.807) is 7.11 Å². The molecule has 1 N–H and O–H groups in total. The summed E-state index contributed by atoms with van der Waals surface area (Å²) in [6.07, 6.45) is 6.05. The van der Waals surface area contributed by atoms with Gasteiger partial charge < -0.3 is 14.7 Å². The molecule has 2 rings (SSSR count). The van der Waals surface area contributed by atoms with Crippen LogP contribution in [0.15, 0.2) is 24.3 Å². The zero-order valence-corrected chi connectivity index (χ0v) is 13.6. The van der Waals surface area contributed by atoms with Gasteiger partial charge in [-0.15, -0.1) is 0 Å². The lowest BCUT2D eigenvalue weighted by atomic mass is 9.84. The fourth-order valence-electron chi connectivity index (χ4n) is 3.37. The van der Waals surface area contributed by atoms with Crippen molar-refractivity contribution in [1.82, 2.24) is 4.90 Å². The van der Waals surface area contributed by atoms with Crippen LogP contribution < -0.4 is 4.74 Å². The lowest BCUT2D eigenvalue weighted by Gasteiger charge is -2.35. The minimum absolute atomic E-state index is 0.450. The summed E-state index contributed by atoms with van der Waals surface area (Å²) in [5.41, 5.74) is 0.934. The average Bonchev–Trinajstić information content (AvgIpc) is 2.54. The van der Waals surface area contributed by atoms with Gasteiger partial charge in [-0.2, -0.15) is 0 Å². The molecule has 0 amide bonds. The summed E-state index contributed by atoms with van der Waals surface area (Å²) in [5, 5.41) is 10.4. The highest BCUT2D eigenvalue weighted by molar-refractivity contribution is 5.29. The Morgan fingerprint density at radius 1 is 1.29 bits per heavy atom. The van der Waals surface area contributed by atoms with Crippen LogP contribution in [0.5, 0.6) is 5.75 Å². The highest BCUT2D eigenvalue weighted by Crippen LogP contribution is 2.30. The van der Waals surface area contributed by atoms with Crippen LogP contribution in [0.1, 0.15) is 50.7 Å². The minimum Gasteiger partial charge on any atom is -0.497 e. The van der Waals surface area contributed by atoms with Crippen LogP contribution in [-0.4, -0.2) is 36.8 Å². The molecule has 0 radical (unpaired) electrons. The molecule has 0 bridgehead atoms. The van der Waals surface area contributed by atoms with Crippen LogP contribution in [0.3, 0.4) is 0 Å². The Kier molecular flexibility index (Phi) is 6.07. The Morgan fingerprint density at radius 3 is 2.62 bits per heavy atom. The van der Waals surface area contributed by atoms with E-state index in [1.807, 2.05) is 24.3 Å². The second-order valence-electron chi connectivity index (χ2n) is 6.31. The minimum atomic E-state index is -0.450. The molecule has 1 aliphatic rings. The number of aliphatic hydroxyl groups excluding tert-OH is 1. The van der Waals surface area contributed by atoms with E-state index in [2.05, 4.69) is 18.9 Å². The molecular formula is C18H29NO2. The SMILES string of the molecule is CCC1CCC(N(C)CC(O)c2cccc(OC)c2)CC1. The summed E-state index contributed by atoms with van der Waals surface area (Å²) in [4.78, 5) is 2.33. The summed E-state index contributed by atoms with van der Waals surface area (Å²) in [6.45, 7) is 2.98. The van der Waals surface area contributed by atoms with Crippen molar-refractivity contribution in [3.05, 3.63) is 29.8 Å². The van der Waals surface area contributed by atoms with E-state index in [0.717, 1.165) is 17.2 Å². The monoisotopic (exact) mass is 291 g/mol. The second-order valence-corrected chi connectivity index (χ2v) is 6.31. The highest BCUT2D eigenvalue weighted by atomic mass is 16.5. The number of hydrogen-bond acceptors (Lipinski definition) is 3. The van der Waals surface area contributed by atoms with E-state index in [1.165, 1.54) is 32.1 Å². The second kappa shape index (κ2) is 7.81. The van der Waals surface area contributed by atoms with E-state index in [0.29, 0.717) is 12.6 Å². The molecule has 1 fully saturated rings. The summed E-state index contributed by atoms with van der Waals surface area (Å²) < 4.78 is 5.23. The Hall–Kier alpha value is -1.06. The number of likely N-dealkylation sites (N-methyl/N-ethyl adjacent to an activating group) is 1. The van der Waals surface area contributed by atoms with Gasteiger partial charge in [-0.25, -0.2) is 0 Å². The molecule has 1 aromatic carbocycles. The molecule has 0 saturated heterocycles. The fraction of sp³-hybridized carbons (Fsp3) is 0.667. The van der Waals surface area contributed by atoms with Gasteiger partial charge in [0.25, 0.3) is 0 Å². The molecule has 0 aromatic heterocycles. The van der Waals surface area contributed by atoms with Crippen LogP contribution in [0.2, 0.25) is 0 Å². The first-order valence-corrected chi connectivity index (χ1v) is 8.16. The van der Waals surface area contributed by atoms with Gasteiger partial charge in [0.1, 0.15) is 5.75 Å². The summed E-state index contributed by atoms with van der Waals surface area (Å²) in [5.74, 6) is 1.72. The number of rotatable bonds is 6. The van der Waals surface area contributed by atoms with Crippen LogP contribution in [0.25, 0.3) is 0 Å². The number of hydrogen-bond donors (Lipinski definition) is 1. The summed E-state index contributed by atoms with van der Waals surface area (Å²) in [7, 11) is 3.80. The maximum atomic E-state index is 10.4. The number of ether oxygens (including phenoxy) is 1. The molecule has 0 heterocycles. The third kappa shape index (κ3) is 4.45. The highest BCUT2D eigenvalue weighted by Gasteiger charge is 2.24. The Morgan fingerprint density at radius 2 is 2.00 bits per heavy atom. The topological polar surface area (TPSA) is 32.7 Å². The van der Waals surface area contributed by atoms with Crippen molar-refractivity contribution in [1.29, 1.82) is 0 Å². The molecule has 1 aliphatic carbocycles. The standard InChI is InChI=1S/C18H29NO2/c1-4-14-8-10-16(11-9-14)19(2)13-18(20)15-6-5-7-17(12-15)21-3/h5-7,12,14,16,18,20H,4,8-11,13H2,1-3H3. The molecular weight excluding hydrogens is 262 g/mol. The smallest absolute Gasteiger partial charge is 0.119 e. The lowest BCUT2D eigenvalue weighted by Crippen LogP contribution is -2.37. The average molecular weight is 291 g/mol. The van der Waals surface area contributed by atoms with Gasteiger partial charge in [-0.3, -0.25) is 0 Å². The van der Waals surface area contributed by atoms with Gasteiger partial charge in [0.05, 0.1) is 13.2 Å². The molecule has 1 unspecified atom stereocenters. The van der Waals surface area contributed by atoms with Crippen molar-refractivity contribution in [2.75, 3.05) is 20.7 Å². The third-order valence-electron chi connectivity index (χ3n) is 4.96. The van der Waals surface area contributed by atoms with Crippen molar-refractivity contribution in [2.24, 2.45) is 5.92 Å². The van der Waals surface area contributed by atoms with Crippen LogP contribution in [-0.2, 0) is 0 Å². The van der Waals surface area contributed by atoms with E-state index >= 15 is 0 Å². The molecule has 3 heteroatoms. The van der Waals surface area contributed by atoms with Crippen LogP contribution in [0.4, 0.5) is 0 Å². The van der Waals surface area contributed by atoms with Gasteiger partial charge >= 0.3 is 0 Å². The maximum Gasteiger partial charge on any atom is 0.119 e. The van der Waals surface area contributed by atoms with Crippen molar-refractivity contribution in [3.8, 4) is 5.75 Å². The first kappa shape index (κ1) is 16.3. The predicted octanol–water partition coefficient (Wildman–Crippen LogP) is 3.63. The van der Waals surface area contributed by atoms with Gasteiger partial charge in [0.2, 0.25) is 0 Å². The van der Waals surface area contributed by atoms with Crippen molar-refractivity contribution < 1.29 is 9.84 Å². The van der Waals surface area contributed by atoms with E-state index in [-0.39, 0.29) is 0 Å². The first-order chi connectivity index (χ1) is 10.1. The van der Waals surface area contributed by atoms with Gasteiger partial charge in [-0.05, 0) is 56.3 Å². The summed E-state index contributed by atoms with van der Waals surface area (Å²) >= 11 is 0. The van der Waals surface area contributed by atoms with Crippen LogP contribution >= 0.6 is 0 Å². The molecule has 1 atom stereocenters. The zero-order chi connectivity index (χ0) is 15.2. The normalized spacial score (nSPS) is 24.0. The molecule has 21 heavy (non-hydrogen) atoms.